The Morgan fingerprint density at radius 1 is 0.957 bits per heavy atom. The number of fused-ring (bicyclic) bond motifs is 2. The van der Waals surface area contributed by atoms with Gasteiger partial charge in [0.25, 0.3) is 0 Å². The molecule has 0 spiro atoms. The fourth-order valence-corrected chi connectivity index (χ4v) is 2.75. The Morgan fingerprint density at radius 2 is 1.52 bits per heavy atom. The van der Waals surface area contributed by atoms with Crippen LogP contribution in [-0.2, 0) is 0 Å². The van der Waals surface area contributed by atoms with Crippen LogP contribution in [0.1, 0.15) is 31.8 Å². The Kier molecular flexibility index (Phi) is 4.88. The van der Waals surface area contributed by atoms with Gasteiger partial charge in [0.05, 0.1) is 30.2 Å². The first-order valence-electron chi connectivity index (χ1n) is 6.78. The summed E-state index contributed by atoms with van der Waals surface area (Å²) in [6, 6.07) is 10.1. The van der Waals surface area contributed by atoms with Crippen molar-refractivity contribution in [1.29, 1.82) is 0 Å². The summed E-state index contributed by atoms with van der Waals surface area (Å²) in [6.07, 6.45) is 1.71. The van der Waals surface area contributed by atoms with Crippen molar-refractivity contribution in [2.75, 3.05) is 19.4 Å². The summed E-state index contributed by atoms with van der Waals surface area (Å²) in [5.74, 6) is -0.411. The van der Waals surface area contributed by atoms with Crippen LogP contribution in [0.15, 0.2) is 36.4 Å². The van der Waals surface area contributed by atoms with E-state index in [2.05, 4.69) is 5.32 Å². The molecule has 3 rings (SSSR count). The van der Waals surface area contributed by atoms with Crippen LogP contribution in [0.5, 0.6) is 0 Å². The minimum Gasteiger partial charge on any atom is -1.00 e. The van der Waals surface area contributed by atoms with Gasteiger partial charge in [0.2, 0.25) is 6.34 Å². The van der Waals surface area contributed by atoms with Crippen LogP contribution in [0.4, 0.5) is 5.69 Å². The highest BCUT2D eigenvalue weighted by Crippen LogP contribution is 2.35. The lowest BCUT2D eigenvalue weighted by Crippen LogP contribution is -3.00. The van der Waals surface area contributed by atoms with Crippen molar-refractivity contribution in [1.82, 2.24) is 0 Å². The van der Waals surface area contributed by atoms with Gasteiger partial charge in [-0.2, -0.15) is 0 Å². The minimum absolute atomic E-state index is 0. The van der Waals surface area contributed by atoms with E-state index in [9.17, 15) is 9.59 Å². The Hall–Kier alpha value is -2.17. The quantitative estimate of drug-likeness (QED) is 0.397. The first-order chi connectivity index (χ1) is 10.5. The van der Waals surface area contributed by atoms with Crippen LogP contribution >= 0.6 is 11.6 Å². The summed E-state index contributed by atoms with van der Waals surface area (Å²) in [5, 5.41) is 3.34. The van der Waals surface area contributed by atoms with Gasteiger partial charge in [0, 0.05) is 11.1 Å². The van der Waals surface area contributed by atoms with Gasteiger partial charge >= 0.3 is 0 Å². The molecule has 6 heteroatoms. The fraction of sp³-hybridized carbons (Fsp3) is 0.118. The first-order valence-corrected chi connectivity index (χ1v) is 7.15. The Labute approximate surface area is 145 Å². The number of anilines is 1. The van der Waals surface area contributed by atoms with Crippen molar-refractivity contribution in [3.63, 3.8) is 0 Å². The largest absolute Gasteiger partial charge is 1.00 e. The molecular formula is C17H14Cl2N2O2. The van der Waals surface area contributed by atoms with Gasteiger partial charge in [-0.15, -0.1) is 0 Å². The zero-order chi connectivity index (χ0) is 15.9. The molecule has 0 aliphatic heterocycles. The molecule has 1 aliphatic carbocycles. The molecule has 4 nitrogen and oxygen atoms in total. The maximum atomic E-state index is 12.8. The Bertz CT molecular complexity index is 840. The van der Waals surface area contributed by atoms with Crippen LogP contribution in [0.25, 0.3) is 0 Å². The zero-order valence-electron chi connectivity index (χ0n) is 12.6. The maximum Gasteiger partial charge on any atom is 0.236 e. The molecule has 0 fully saturated rings. The van der Waals surface area contributed by atoms with Crippen molar-refractivity contribution >= 4 is 35.2 Å². The molecular weight excluding hydrogens is 335 g/mol. The summed E-state index contributed by atoms with van der Waals surface area (Å²) in [7, 11) is 3.72. The monoisotopic (exact) mass is 348 g/mol. The van der Waals surface area contributed by atoms with Crippen molar-refractivity contribution in [2.45, 2.75) is 0 Å². The number of nitrogens with zero attached hydrogens (tertiary/aromatic N) is 1. The molecule has 23 heavy (non-hydrogen) atoms. The molecule has 0 radical (unpaired) electrons. The van der Waals surface area contributed by atoms with Gasteiger partial charge in [0.15, 0.2) is 11.6 Å². The third-order valence-corrected chi connectivity index (χ3v) is 3.82. The highest BCUT2D eigenvalue weighted by molar-refractivity contribution is 6.40. The molecule has 0 saturated carbocycles. The predicted molar refractivity (Wildman–Crippen MR) is 86.6 cm³/mol. The molecule has 2 aromatic rings. The molecule has 1 aliphatic rings. The minimum atomic E-state index is -0.219. The third kappa shape index (κ3) is 2.87. The highest BCUT2D eigenvalue weighted by atomic mass is 35.5. The second-order valence-electron chi connectivity index (χ2n) is 5.29. The number of rotatable bonds is 2. The second kappa shape index (κ2) is 6.52. The number of carbonyl (C=O) groups is 2. The second-order valence-corrected chi connectivity index (χ2v) is 5.69. The highest BCUT2D eigenvalue weighted by Gasteiger charge is 2.34. The molecule has 0 aromatic heterocycles. The Balaban J connectivity index is 0.00000192. The average molecular weight is 349 g/mol. The topological polar surface area (TPSA) is 49.2 Å². The van der Waals surface area contributed by atoms with Gasteiger partial charge < -0.3 is 12.4 Å². The van der Waals surface area contributed by atoms with Gasteiger partial charge in [-0.3, -0.25) is 14.2 Å². The summed E-state index contributed by atoms with van der Waals surface area (Å²) in [4.78, 5) is 25.5. The summed E-state index contributed by atoms with van der Waals surface area (Å²) < 4.78 is 1.81. The lowest BCUT2D eigenvalue weighted by molar-refractivity contribution is -0.459. The van der Waals surface area contributed by atoms with Crippen molar-refractivity contribution < 1.29 is 26.6 Å². The molecule has 2 aromatic carbocycles. The number of hydrogen-bond acceptors (Lipinski definition) is 2. The van der Waals surface area contributed by atoms with E-state index in [1.807, 2.05) is 18.7 Å². The number of halogens is 2. The number of nitrogens with one attached hydrogen (secondary N) is 1. The van der Waals surface area contributed by atoms with E-state index in [-0.39, 0.29) is 29.5 Å². The molecule has 118 valence electrons. The number of benzene rings is 2. The van der Waals surface area contributed by atoms with Crippen LogP contribution in [0.3, 0.4) is 0 Å². The smallest absolute Gasteiger partial charge is 0.236 e. The van der Waals surface area contributed by atoms with Crippen LogP contribution in [0, 0.1) is 0 Å². The van der Waals surface area contributed by atoms with Crippen LogP contribution in [-0.4, -0.2) is 36.6 Å². The van der Waals surface area contributed by atoms with E-state index in [4.69, 9.17) is 11.6 Å². The van der Waals surface area contributed by atoms with E-state index < -0.39 is 0 Å². The number of carbonyl (C=O) groups excluding carboxylic acids is 2. The molecule has 0 saturated heterocycles. The van der Waals surface area contributed by atoms with Gasteiger partial charge in [0.1, 0.15) is 5.69 Å². The summed E-state index contributed by atoms with van der Waals surface area (Å²) in [6.45, 7) is 0. The summed E-state index contributed by atoms with van der Waals surface area (Å²) >= 11 is 6.18. The van der Waals surface area contributed by atoms with E-state index in [0.717, 1.165) is 0 Å². The van der Waals surface area contributed by atoms with E-state index in [1.54, 1.807) is 42.7 Å². The van der Waals surface area contributed by atoms with Crippen LogP contribution in [0.2, 0.25) is 5.02 Å². The molecule has 1 N–H and O–H groups in total. The third-order valence-electron chi connectivity index (χ3n) is 3.50. The van der Waals surface area contributed by atoms with Crippen molar-refractivity contribution in [3.8, 4) is 0 Å². The molecule has 0 amide bonds. The lowest BCUT2D eigenvalue weighted by Gasteiger charge is -2.19. The number of ketones is 2. The molecule has 0 atom stereocenters. The summed E-state index contributed by atoms with van der Waals surface area (Å²) in [5.41, 5.74) is 1.98. The molecule has 0 unspecified atom stereocenters. The SMILES string of the molecule is C[N+](C)=CNc1ccc(Cl)c2c1C(=O)c1ccccc1C2=O.[Cl-]. The standard InChI is InChI=1S/C17H13ClN2O2.ClH/c1-20(2)9-19-13-8-7-12(18)14-15(13)17(22)11-6-4-3-5-10(11)16(14)21;/h3-9H,1-2H3;1H. The van der Waals surface area contributed by atoms with Crippen molar-refractivity contribution in [3.05, 3.63) is 63.7 Å². The normalized spacial score (nSPS) is 12.0. The van der Waals surface area contributed by atoms with Gasteiger partial charge in [-0.05, 0) is 12.1 Å². The van der Waals surface area contributed by atoms with Gasteiger partial charge in [-0.25, -0.2) is 5.32 Å². The maximum absolute atomic E-state index is 12.8. The van der Waals surface area contributed by atoms with E-state index in [1.165, 1.54) is 0 Å². The fourth-order valence-electron chi connectivity index (χ4n) is 2.50. The first kappa shape index (κ1) is 17.2. The number of hydrogen-bond donors (Lipinski definition) is 1. The van der Waals surface area contributed by atoms with E-state index >= 15 is 0 Å². The molecule has 0 bridgehead atoms. The van der Waals surface area contributed by atoms with E-state index in [0.29, 0.717) is 27.4 Å². The lowest BCUT2D eigenvalue weighted by atomic mass is 9.83. The van der Waals surface area contributed by atoms with Gasteiger partial charge in [-0.1, -0.05) is 35.9 Å². The molecule has 0 heterocycles. The predicted octanol–water partition coefficient (Wildman–Crippen LogP) is -0.168. The van der Waals surface area contributed by atoms with Crippen molar-refractivity contribution in [2.24, 2.45) is 0 Å². The van der Waals surface area contributed by atoms with Crippen LogP contribution < -0.4 is 17.7 Å². The Morgan fingerprint density at radius 3 is 2.09 bits per heavy atom. The zero-order valence-corrected chi connectivity index (χ0v) is 14.1. The average Bonchev–Trinajstić information content (AvgIpc) is 2.51.